The van der Waals surface area contributed by atoms with Crippen molar-refractivity contribution in [3.05, 3.63) is 80.9 Å². The lowest BCUT2D eigenvalue weighted by Crippen LogP contribution is -2.79. The largest absolute Gasteiger partial charge is 0.518 e. The van der Waals surface area contributed by atoms with Gasteiger partial charge in [0.2, 0.25) is 0 Å². The van der Waals surface area contributed by atoms with Gasteiger partial charge >= 0.3 is 6.09 Å². The van der Waals surface area contributed by atoms with Gasteiger partial charge in [0, 0.05) is 18.3 Å². The van der Waals surface area contributed by atoms with Crippen molar-refractivity contribution in [1.82, 2.24) is 15.5 Å². The van der Waals surface area contributed by atoms with Crippen LogP contribution in [0.5, 0.6) is 0 Å². The molecule has 204 valence electrons. The molecule has 4 atom stereocenters. The van der Waals surface area contributed by atoms with E-state index in [4.69, 9.17) is 16.3 Å². The number of anilines is 1. The van der Waals surface area contributed by atoms with E-state index in [1.807, 2.05) is 37.4 Å². The number of ether oxygens (including phenoxy) is 1. The van der Waals surface area contributed by atoms with Gasteiger partial charge in [-0.15, -0.1) is 0 Å². The van der Waals surface area contributed by atoms with Gasteiger partial charge in [0.15, 0.2) is 12.0 Å². The topological polar surface area (TPSA) is 113 Å². The van der Waals surface area contributed by atoms with Crippen LogP contribution in [-0.4, -0.2) is 51.8 Å². The van der Waals surface area contributed by atoms with Crippen LogP contribution in [0.4, 0.5) is 10.6 Å². The Morgan fingerprint density at radius 1 is 1.10 bits per heavy atom. The maximum absolute atomic E-state index is 13.6. The highest BCUT2D eigenvalue weighted by Gasteiger charge is 2.68. The van der Waals surface area contributed by atoms with Crippen LogP contribution in [0.15, 0.2) is 59.1 Å². The van der Waals surface area contributed by atoms with Crippen LogP contribution in [0.3, 0.4) is 0 Å². The molecule has 3 amide bonds. The number of fused-ring (bicyclic) bond motifs is 2. The first-order chi connectivity index (χ1) is 18.5. The van der Waals surface area contributed by atoms with E-state index in [9.17, 15) is 14.4 Å². The van der Waals surface area contributed by atoms with Crippen LogP contribution in [0.25, 0.3) is 0 Å². The average Bonchev–Trinajstić information content (AvgIpc) is 3.28. The molecule has 3 aliphatic rings. The number of carbonyl (C=O) groups is 3. The highest BCUT2D eigenvalue weighted by atomic mass is 79.9. The first-order valence-electron chi connectivity index (χ1n) is 12.7. The fourth-order valence-corrected chi connectivity index (χ4v) is 6.59. The summed E-state index contributed by atoms with van der Waals surface area (Å²) < 4.78 is 6.04. The number of amides is 3. The Hall–Kier alpha value is -3.21. The highest BCUT2D eigenvalue weighted by molar-refractivity contribution is 9.10. The third kappa shape index (κ3) is 4.85. The van der Waals surface area contributed by atoms with Crippen LogP contribution in [-0.2, 0) is 11.3 Å². The van der Waals surface area contributed by atoms with Gasteiger partial charge in [-0.3, -0.25) is 14.7 Å². The Balaban J connectivity index is 1.33. The van der Waals surface area contributed by atoms with Gasteiger partial charge < -0.3 is 15.4 Å². The van der Waals surface area contributed by atoms with Gasteiger partial charge in [-0.05, 0) is 39.5 Å². The summed E-state index contributed by atoms with van der Waals surface area (Å²) in [6.45, 7) is 4.50. The second kappa shape index (κ2) is 10.4. The van der Waals surface area contributed by atoms with Crippen LogP contribution < -0.4 is 10.6 Å². The number of benzene rings is 2. The second-order valence-corrected chi connectivity index (χ2v) is 12.1. The molecule has 2 saturated heterocycles. The second-order valence-electron chi connectivity index (χ2n) is 10.9. The van der Waals surface area contributed by atoms with Crippen molar-refractivity contribution >= 4 is 51.3 Å². The zero-order valence-corrected chi connectivity index (χ0v) is 24.2. The van der Waals surface area contributed by atoms with Gasteiger partial charge in [0.25, 0.3) is 11.8 Å². The van der Waals surface area contributed by atoms with Gasteiger partial charge in [-0.1, -0.05) is 67.9 Å². The number of carbonyl (C=O) groups excluding carboxylic acids is 3. The Morgan fingerprint density at radius 3 is 2.49 bits per heavy atom. The lowest BCUT2D eigenvalue weighted by molar-refractivity contribution is -0.921. The molecule has 0 radical (unpaired) electrons. The van der Waals surface area contributed by atoms with Crippen LogP contribution in [0, 0.1) is 11.3 Å². The molecule has 3 N–H and O–H groups in total. The first kappa shape index (κ1) is 27.4. The lowest BCUT2D eigenvalue weighted by Gasteiger charge is -2.64. The van der Waals surface area contributed by atoms with E-state index in [1.54, 1.807) is 24.3 Å². The molecule has 9 nitrogen and oxygen atoms in total. The molecule has 0 spiro atoms. The van der Waals surface area contributed by atoms with Crippen molar-refractivity contribution in [2.75, 3.05) is 12.4 Å². The molecule has 39 heavy (non-hydrogen) atoms. The number of H-pyrrole nitrogens is 1. The Kier molecular flexibility index (Phi) is 7.30. The third-order valence-electron chi connectivity index (χ3n) is 8.40. The molecule has 6 rings (SSSR count). The van der Waals surface area contributed by atoms with E-state index in [0.717, 1.165) is 12.0 Å². The quantitative estimate of drug-likeness (QED) is 0.306. The molecular weight excluding hydrogens is 586 g/mol. The van der Waals surface area contributed by atoms with Gasteiger partial charge in [-0.25, -0.2) is 4.48 Å². The van der Waals surface area contributed by atoms with Gasteiger partial charge in [0.05, 0.1) is 22.1 Å². The zero-order valence-electron chi connectivity index (χ0n) is 21.8. The highest BCUT2D eigenvalue weighted by Crippen LogP contribution is 2.58. The number of rotatable bonds is 6. The van der Waals surface area contributed by atoms with Crippen LogP contribution in [0.2, 0.25) is 5.02 Å². The fraction of sp³-hybridized carbons (Fsp3) is 0.357. The minimum atomic E-state index is -0.492. The summed E-state index contributed by atoms with van der Waals surface area (Å²) in [5.41, 5.74) is 1.25. The van der Waals surface area contributed by atoms with E-state index in [-0.39, 0.29) is 45.7 Å². The molecule has 3 heterocycles. The molecule has 1 saturated carbocycles. The summed E-state index contributed by atoms with van der Waals surface area (Å²) in [5, 5.41) is 12.8. The smallest absolute Gasteiger partial charge is 0.415 e. The first-order valence-corrected chi connectivity index (χ1v) is 13.9. The standard InChI is InChI=1S/C28H29BrClN5O4/c1-28(2)17-13-20(28)35(3,27(38)39-15-16-9-5-4-6-10-16)21(14-17)31-26(37)23-22(29)24(34-33-23)32-25(36)18-11-7-8-12-19(18)30/h4-12,17,20-21H,13-15H2,1-3H3,(H2-,31,32,33,34,36,37)/p+1. The maximum Gasteiger partial charge on any atom is 0.518 e. The van der Waals surface area contributed by atoms with Crippen molar-refractivity contribution in [3.63, 3.8) is 0 Å². The zero-order chi connectivity index (χ0) is 27.9. The van der Waals surface area contributed by atoms with E-state index < -0.39 is 18.0 Å². The number of quaternary nitrogens is 1. The number of nitrogens with one attached hydrogen (secondary N) is 3. The summed E-state index contributed by atoms with van der Waals surface area (Å²) in [7, 11) is 1.84. The molecule has 2 aliphatic heterocycles. The normalized spacial score (nSPS) is 24.8. The lowest BCUT2D eigenvalue weighted by atomic mass is 9.53. The van der Waals surface area contributed by atoms with Crippen molar-refractivity contribution in [1.29, 1.82) is 0 Å². The van der Waals surface area contributed by atoms with Crippen molar-refractivity contribution in [2.45, 2.75) is 45.5 Å². The summed E-state index contributed by atoms with van der Waals surface area (Å²) in [5.74, 6) is -0.384. The molecule has 1 aromatic heterocycles. The molecular formula is C28H30BrClN5O4+. The summed E-state index contributed by atoms with van der Waals surface area (Å²) in [6, 6.07) is 16.2. The number of hydrogen-bond acceptors (Lipinski definition) is 5. The van der Waals surface area contributed by atoms with E-state index in [1.165, 1.54) is 0 Å². The van der Waals surface area contributed by atoms with E-state index >= 15 is 0 Å². The fourth-order valence-electron chi connectivity index (χ4n) is 5.92. The van der Waals surface area contributed by atoms with Gasteiger partial charge in [-0.2, -0.15) is 9.89 Å². The SMILES string of the molecule is CC1(C)C2CC(NC(=O)c3[nH]nc(NC(=O)c4ccccc4Cl)c3Br)[N+](C)(C(=O)OCc3ccccc3)C1C2. The molecule has 1 aliphatic carbocycles. The molecule has 3 fully saturated rings. The molecule has 2 bridgehead atoms. The van der Waals surface area contributed by atoms with Crippen LogP contribution in [0.1, 0.15) is 53.1 Å². The van der Waals surface area contributed by atoms with Crippen molar-refractivity contribution in [2.24, 2.45) is 11.3 Å². The van der Waals surface area contributed by atoms with E-state index in [2.05, 4.69) is 50.6 Å². The van der Waals surface area contributed by atoms with Crippen molar-refractivity contribution < 1.29 is 23.6 Å². The summed E-state index contributed by atoms with van der Waals surface area (Å²) >= 11 is 9.51. The monoisotopic (exact) mass is 614 g/mol. The number of hydrogen-bond donors (Lipinski definition) is 3. The molecule has 3 aromatic rings. The maximum atomic E-state index is 13.6. The predicted octanol–water partition coefficient (Wildman–Crippen LogP) is 5.74. The third-order valence-corrected chi connectivity index (χ3v) is 9.50. The average molecular weight is 616 g/mol. The number of aromatic nitrogens is 2. The van der Waals surface area contributed by atoms with Crippen LogP contribution >= 0.6 is 27.5 Å². The number of halogens is 2. The van der Waals surface area contributed by atoms with Crippen molar-refractivity contribution in [3.8, 4) is 0 Å². The summed E-state index contributed by atoms with van der Waals surface area (Å²) in [4.78, 5) is 39.7. The number of piperidine rings is 2. The minimum absolute atomic E-state index is 0.000464. The molecule has 4 unspecified atom stereocenters. The van der Waals surface area contributed by atoms with E-state index in [0.29, 0.717) is 21.8 Å². The molecule has 11 heteroatoms. The Bertz CT molecular complexity index is 1430. The molecule has 2 aromatic carbocycles. The number of nitrogens with zero attached hydrogens (tertiary/aromatic N) is 2. The summed E-state index contributed by atoms with van der Waals surface area (Å²) in [6.07, 6.45) is 0.654. The Morgan fingerprint density at radius 2 is 1.79 bits per heavy atom. The minimum Gasteiger partial charge on any atom is -0.415 e. The number of aromatic amines is 1. The Labute approximate surface area is 240 Å². The van der Waals surface area contributed by atoms with Gasteiger partial charge in [0.1, 0.15) is 18.3 Å². The predicted molar refractivity (Wildman–Crippen MR) is 150 cm³/mol.